The lowest BCUT2D eigenvalue weighted by atomic mass is 9.98. The van der Waals surface area contributed by atoms with Gasteiger partial charge in [-0.15, -0.1) is 0 Å². The number of benzene rings is 3. The molecule has 3 aromatic carbocycles. The van der Waals surface area contributed by atoms with Crippen molar-refractivity contribution in [2.75, 3.05) is 26.8 Å². The molecule has 0 bridgehead atoms. The lowest BCUT2D eigenvalue weighted by Gasteiger charge is -2.27. The van der Waals surface area contributed by atoms with Crippen LogP contribution in [0.2, 0.25) is 0 Å². The molecule has 0 aliphatic heterocycles. The number of rotatable bonds is 9. The van der Waals surface area contributed by atoms with Gasteiger partial charge in [0.05, 0.1) is 20.1 Å². The first-order valence-electron chi connectivity index (χ1n) is 12.4. The number of hydrogen-bond acceptors (Lipinski definition) is 6. The molecule has 0 spiro atoms. The number of ether oxygens (including phenoxy) is 2. The number of hydrogen-bond donors (Lipinski definition) is 2. The van der Waals surface area contributed by atoms with Gasteiger partial charge in [-0.05, 0) is 27.8 Å². The van der Waals surface area contributed by atoms with Crippen LogP contribution in [0.15, 0.2) is 78.9 Å². The van der Waals surface area contributed by atoms with Gasteiger partial charge < -0.3 is 20.1 Å². The topological polar surface area (TPSA) is 131 Å². The number of nitrogens with zero attached hydrogens (tertiary/aromatic N) is 2. The van der Waals surface area contributed by atoms with Crippen molar-refractivity contribution in [1.29, 1.82) is 0 Å². The third-order valence-corrected chi connectivity index (χ3v) is 6.46. The second kappa shape index (κ2) is 12.6. The van der Waals surface area contributed by atoms with Gasteiger partial charge in [-0.25, -0.2) is 20.0 Å². The minimum Gasteiger partial charge on any atom is -0.469 e. The monoisotopic (exact) mass is 530 g/mol. The predicted molar refractivity (Wildman–Crippen MR) is 143 cm³/mol. The summed E-state index contributed by atoms with van der Waals surface area (Å²) in [5.41, 5.74) is 12.9. The number of nitrogens with one attached hydrogen (secondary N) is 1. The summed E-state index contributed by atoms with van der Waals surface area (Å²) in [4.78, 5) is 50.7. The molecule has 1 aliphatic carbocycles. The van der Waals surface area contributed by atoms with Crippen LogP contribution in [0.4, 0.5) is 9.59 Å². The van der Waals surface area contributed by atoms with Crippen LogP contribution in [0, 0.1) is 0 Å². The fourth-order valence-electron chi connectivity index (χ4n) is 4.53. The highest BCUT2D eigenvalue weighted by Crippen LogP contribution is 2.44. The highest BCUT2D eigenvalue weighted by Gasteiger charge is 2.30. The molecule has 0 radical (unpaired) electrons. The van der Waals surface area contributed by atoms with Crippen molar-refractivity contribution in [3.05, 3.63) is 95.6 Å². The van der Waals surface area contributed by atoms with Gasteiger partial charge in [-0.3, -0.25) is 9.59 Å². The third-order valence-electron chi connectivity index (χ3n) is 6.46. The average Bonchev–Trinajstić information content (AvgIpc) is 3.27. The molecule has 4 rings (SSSR count). The highest BCUT2D eigenvalue weighted by molar-refractivity contribution is 5.84. The van der Waals surface area contributed by atoms with Crippen molar-refractivity contribution in [3.63, 3.8) is 0 Å². The number of esters is 2. The van der Waals surface area contributed by atoms with Crippen LogP contribution in [0.25, 0.3) is 11.1 Å². The minimum absolute atomic E-state index is 0.0699. The van der Waals surface area contributed by atoms with Gasteiger partial charge in [-0.2, -0.15) is 0 Å². The minimum atomic E-state index is -0.965. The van der Waals surface area contributed by atoms with Crippen LogP contribution in [0.1, 0.15) is 29.0 Å². The SMILES string of the molecule is COC(=O)CCN(NC(=O)N(CC(=O)OCC1c2ccccc2-c2ccccc21)Cc1ccccc1)C(N)=O. The Morgan fingerprint density at radius 3 is 2.03 bits per heavy atom. The molecule has 0 atom stereocenters. The van der Waals surface area contributed by atoms with E-state index in [4.69, 9.17) is 10.5 Å². The zero-order valence-electron chi connectivity index (χ0n) is 21.5. The fraction of sp³-hybridized carbons (Fsp3) is 0.241. The van der Waals surface area contributed by atoms with Gasteiger partial charge in [0.2, 0.25) is 0 Å². The van der Waals surface area contributed by atoms with E-state index >= 15 is 0 Å². The number of primary amides is 1. The van der Waals surface area contributed by atoms with E-state index in [1.165, 1.54) is 12.0 Å². The molecule has 0 saturated heterocycles. The summed E-state index contributed by atoms with van der Waals surface area (Å²) in [5, 5.41) is 0.801. The molecule has 0 heterocycles. The van der Waals surface area contributed by atoms with Gasteiger partial charge >= 0.3 is 24.0 Å². The van der Waals surface area contributed by atoms with Crippen LogP contribution >= 0.6 is 0 Å². The molecular weight excluding hydrogens is 500 g/mol. The second-order valence-corrected chi connectivity index (χ2v) is 8.98. The number of carbonyl (C=O) groups excluding carboxylic acids is 4. The van der Waals surface area contributed by atoms with E-state index in [2.05, 4.69) is 10.2 Å². The van der Waals surface area contributed by atoms with Gasteiger partial charge in [-0.1, -0.05) is 78.9 Å². The largest absolute Gasteiger partial charge is 0.469 e. The van der Waals surface area contributed by atoms with Crippen molar-refractivity contribution < 1.29 is 28.7 Å². The zero-order chi connectivity index (χ0) is 27.8. The number of carbonyl (C=O) groups is 4. The molecule has 10 nitrogen and oxygen atoms in total. The molecule has 4 amide bonds. The Bertz CT molecular complexity index is 1300. The molecule has 0 aromatic heterocycles. The second-order valence-electron chi connectivity index (χ2n) is 8.98. The van der Waals surface area contributed by atoms with E-state index in [0.717, 1.165) is 32.8 Å². The number of urea groups is 2. The van der Waals surface area contributed by atoms with Crippen LogP contribution in [0.5, 0.6) is 0 Å². The summed E-state index contributed by atoms with van der Waals surface area (Å²) < 4.78 is 10.3. The number of methoxy groups -OCH3 is 1. The van der Waals surface area contributed by atoms with E-state index in [9.17, 15) is 19.2 Å². The van der Waals surface area contributed by atoms with E-state index in [0.29, 0.717) is 0 Å². The Labute approximate surface area is 226 Å². The molecule has 0 fully saturated rings. The highest BCUT2D eigenvalue weighted by atomic mass is 16.5. The first-order chi connectivity index (χ1) is 18.9. The molecule has 1 aliphatic rings. The Hall–Kier alpha value is -4.86. The Morgan fingerprint density at radius 1 is 0.846 bits per heavy atom. The van der Waals surface area contributed by atoms with Crippen molar-refractivity contribution >= 4 is 24.0 Å². The Kier molecular flexibility index (Phi) is 8.78. The van der Waals surface area contributed by atoms with Gasteiger partial charge in [0.1, 0.15) is 13.2 Å². The van der Waals surface area contributed by atoms with Gasteiger partial charge in [0, 0.05) is 12.5 Å². The van der Waals surface area contributed by atoms with E-state index in [1.807, 2.05) is 66.7 Å². The van der Waals surface area contributed by atoms with E-state index in [-0.39, 0.29) is 38.6 Å². The molecular formula is C29H30N4O6. The summed E-state index contributed by atoms with van der Waals surface area (Å²) >= 11 is 0. The van der Waals surface area contributed by atoms with Gasteiger partial charge in [0.25, 0.3) is 0 Å². The third kappa shape index (κ3) is 6.72. The Balaban J connectivity index is 1.45. The Morgan fingerprint density at radius 2 is 1.44 bits per heavy atom. The normalized spacial score (nSPS) is 11.6. The summed E-state index contributed by atoms with van der Waals surface area (Å²) in [6.45, 7) is -0.390. The van der Waals surface area contributed by atoms with Crippen LogP contribution in [-0.2, 0) is 25.6 Å². The standard InChI is InChI=1S/C29H30N4O6/c1-38-26(34)15-16-33(28(30)36)31-29(37)32(17-20-9-3-2-4-10-20)18-27(35)39-19-25-23-13-7-5-11-21(23)22-12-6-8-14-24(22)25/h2-14,25H,15-19H2,1H3,(H2,30,36)(H,31,37). The smallest absolute Gasteiger partial charge is 0.337 e. The zero-order valence-corrected chi connectivity index (χ0v) is 21.5. The lowest BCUT2D eigenvalue weighted by molar-refractivity contribution is -0.144. The maximum Gasteiger partial charge on any atom is 0.337 e. The number of fused-ring (bicyclic) bond motifs is 3. The molecule has 0 unspecified atom stereocenters. The molecule has 39 heavy (non-hydrogen) atoms. The van der Waals surface area contributed by atoms with Gasteiger partial charge in [0.15, 0.2) is 0 Å². The predicted octanol–water partition coefficient (Wildman–Crippen LogP) is 3.41. The van der Waals surface area contributed by atoms with Crippen molar-refractivity contribution in [1.82, 2.24) is 15.3 Å². The number of hydrazine groups is 1. The molecule has 3 aromatic rings. The average molecular weight is 531 g/mol. The molecule has 10 heteroatoms. The number of nitrogens with two attached hydrogens (primary N) is 1. The number of amides is 4. The van der Waals surface area contributed by atoms with Crippen molar-refractivity contribution in [3.8, 4) is 11.1 Å². The quantitative estimate of drug-likeness (QED) is 0.322. The van der Waals surface area contributed by atoms with Crippen LogP contribution < -0.4 is 11.2 Å². The first-order valence-corrected chi connectivity index (χ1v) is 12.4. The summed E-state index contributed by atoms with van der Waals surface area (Å²) in [5.74, 6) is -1.31. The van der Waals surface area contributed by atoms with E-state index in [1.54, 1.807) is 12.1 Å². The van der Waals surface area contributed by atoms with E-state index < -0.39 is 24.0 Å². The van der Waals surface area contributed by atoms with Crippen molar-refractivity contribution in [2.24, 2.45) is 5.73 Å². The summed E-state index contributed by atoms with van der Waals surface area (Å²) in [6.07, 6.45) is -0.176. The molecule has 0 saturated carbocycles. The first kappa shape index (κ1) is 27.2. The maximum absolute atomic E-state index is 13.1. The van der Waals surface area contributed by atoms with Crippen molar-refractivity contribution in [2.45, 2.75) is 18.9 Å². The van der Waals surface area contributed by atoms with Crippen LogP contribution in [0.3, 0.4) is 0 Å². The fourth-order valence-corrected chi connectivity index (χ4v) is 4.53. The summed E-state index contributed by atoms with van der Waals surface area (Å²) in [7, 11) is 1.21. The van der Waals surface area contributed by atoms with Crippen LogP contribution in [-0.4, -0.2) is 60.7 Å². The lowest BCUT2D eigenvalue weighted by Crippen LogP contribution is -2.54. The maximum atomic E-state index is 13.1. The molecule has 3 N–H and O–H groups in total. The molecule has 202 valence electrons. The summed E-state index contributed by atoms with van der Waals surface area (Å²) in [6, 6.07) is 23.4.